The molecule has 2 aromatic heterocycles. The van der Waals surface area contributed by atoms with E-state index in [4.69, 9.17) is 18.8 Å². The summed E-state index contributed by atoms with van der Waals surface area (Å²) in [4.78, 5) is 40.6. The number of carbonyl (C=O) groups excluding carboxylic acids is 1. The van der Waals surface area contributed by atoms with Crippen molar-refractivity contribution < 1.29 is 27.2 Å². The first-order valence-corrected chi connectivity index (χ1v) is 14.5. The SMILES string of the molecule is C=O.COc1ccc2[nH]c3cc4c(=O)c5cc(OC)ccc5[nH]c4cc3c(=O)c2c1.O=S(=O)(O)c1cccc2ccccc12. The van der Waals surface area contributed by atoms with Gasteiger partial charge in [0, 0.05) is 26.9 Å². The van der Waals surface area contributed by atoms with Crippen LogP contribution in [-0.2, 0) is 14.9 Å². The third-order valence-corrected chi connectivity index (χ3v) is 8.07. The van der Waals surface area contributed by atoms with E-state index in [1.165, 1.54) is 6.07 Å². The molecule has 0 fully saturated rings. The summed E-state index contributed by atoms with van der Waals surface area (Å²) in [5, 5.41) is 3.44. The van der Waals surface area contributed by atoms with E-state index in [-0.39, 0.29) is 15.8 Å². The Morgan fingerprint density at radius 3 is 1.52 bits per heavy atom. The molecule has 0 saturated heterocycles. The first-order valence-electron chi connectivity index (χ1n) is 13.1. The predicted molar refractivity (Wildman–Crippen MR) is 172 cm³/mol. The molecule has 0 atom stereocenters. The number of nitrogens with one attached hydrogen (secondary N) is 2. The molecule has 7 rings (SSSR count). The molecule has 0 unspecified atom stereocenters. The van der Waals surface area contributed by atoms with E-state index in [1.807, 2.05) is 12.9 Å². The lowest BCUT2D eigenvalue weighted by Crippen LogP contribution is -2.08. The fourth-order valence-electron chi connectivity index (χ4n) is 5.08. The maximum Gasteiger partial charge on any atom is 0.295 e. The number of fused-ring (bicyclic) bond motifs is 5. The minimum atomic E-state index is -4.13. The number of methoxy groups -OCH3 is 2. The summed E-state index contributed by atoms with van der Waals surface area (Å²) in [6.07, 6.45) is 0. The van der Waals surface area contributed by atoms with Crippen LogP contribution in [0, 0.1) is 0 Å². The highest BCUT2D eigenvalue weighted by Crippen LogP contribution is 2.25. The number of H-pyrrole nitrogens is 2. The van der Waals surface area contributed by atoms with Crippen molar-refractivity contribution in [2.45, 2.75) is 4.90 Å². The van der Waals surface area contributed by atoms with Gasteiger partial charge in [-0.3, -0.25) is 14.1 Å². The number of rotatable bonds is 3. The molecule has 7 aromatic rings. The van der Waals surface area contributed by atoms with Gasteiger partial charge in [0.1, 0.15) is 23.2 Å². The Kier molecular flexibility index (Phi) is 8.17. The van der Waals surface area contributed by atoms with Gasteiger partial charge in [-0.05, 0) is 60.0 Å². The third kappa shape index (κ3) is 5.49. The van der Waals surface area contributed by atoms with Crippen molar-refractivity contribution in [1.29, 1.82) is 0 Å². The minimum absolute atomic E-state index is 0.0457. The molecule has 44 heavy (non-hydrogen) atoms. The Labute approximate surface area is 250 Å². The van der Waals surface area contributed by atoms with Crippen LogP contribution < -0.4 is 20.3 Å². The van der Waals surface area contributed by atoms with E-state index in [2.05, 4.69) is 9.97 Å². The van der Waals surface area contributed by atoms with Gasteiger partial charge in [0.25, 0.3) is 10.1 Å². The highest BCUT2D eigenvalue weighted by molar-refractivity contribution is 7.86. The Hall–Kier alpha value is -5.52. The van der Waals surface area contributed by atoms with Crippen molar-refractivity contribution in [2.75, 3.05) is 14.2 Å². The highest BCUT2D eigenvalue weighted by atomic mass is 32.2. The molecule has 2 heterocycles. The zero-order valence-corrected chi connectivity index (χ0v) is 24.4. The van der Waals surface area contributed by atoms with E-state index in [0.29, 0.717) is 60.5 Å². The average molecular weight is 611 g/mol. The van der Waals surface area contributed by atoms with Crippen molar-refractivity contribution in [3.8, 4) is 11.5 Å². The van der Waals surface area contributed by atoms with Gasteiger partial charge in [-0.1, -0.05) is 36.4 Å². The normalized spacial score (nSPS) is 11.2. The van der Waals surface area contributed by atoms with Crippen molar-refractivity contribution in [3.63, 3.8) is 0 Å². The molecule has 222 valence electrons. The Morgan fingerprint density at radius 2 is 1.05 bits per heavy atom. The fraction of sp³-hybridized carbons (Fsp3) is 0.0606. The molecule has 0 aliphatic carbocycles. The minimum Gasteiger partial charge on any atom is -0.497 e. The van der Waals surface area contributed by atoms with Crippen LogP contribution in [0.15, 0.2) is 105 Å². The monoisotopic (exact) mass is 610 g/mol. The van der Waals surface area contributed by atoms with Crippen LogP contribution in [0.1, 0.15) is 0 Å². The molecule has 11 heteroatoms. The van der Waals surface area contributed by atoms with Gasteiger partial charge in [-0.15, -0.1) is 0 Å². The second-order valence-electron chi connectivity index (χ2n) is 9.63. The lowest BCUT2D eigenvalue weighted by molar-refractivity contribution is -0.0980. The van der Waals surface area contributed by atoms with Gasteiger partial charge in [0.15, 0.2) is 10.9 Å². The number of hydrogen-bond acceptors (Lipinski definition) is 7. The summed E-state index contributed by atoms with van der Waals surface area (Å²) < 4.78 is 41.4. The maximum absolute atomic E-state index is 13.0. The van der Waals surface area contributed by atoms with Crippen molar-refractivity contribution in [2.24, 2.45) is 0 Å². The smallest absolute Gasteiger partial charge is 0.295 e. The summed E-state index contributed by atoms with van der Waals surface area (Å²) in [6, 6.07) is 25.9. The van der Waals surface area contributed by atoms with Crippen LogP contribution in [0.5, 0.6) is 11.5 Å². The molecule has 5 aromatic carbocycles. The average Bonchev–Trinajstić information content (AvgIpc) is 3.05. The highest BCUT2D eigenvalue weighted by Gasteiger charge is 2.13. The van der Waals surface area contributed by atoms with E-state index in [1.54, 1.807) is 93.1 Å². The van der Waals surface area contributed by atoms with Crippen LogP contribution >= 0.6 is 0 Å². The number of hydrogen-bond donors (Lipinski definition) is 3. The fourth-order valence-corrected chi connectivity index (χ4v) is 5.79. The Bertz CT molecular complexity index is 2310. The van der Waals surface area contributed by atoms with Crippen LogP contribution in [0.4, 0.5) is 0 Å². The van der Waals surface area contributed by atoms with Gasteiger partial charge < -0.3 is 24.2 Å². The van der Waals surface area contributed by atoms with Crippen LogP contribution in [0.25, 0.3) is 54.4 Å². The summed E-state index contributed by atoms with van der Waals surface area (Å²) in [5.74, 6) is 1.23. The van der Waals surface area contributed by atoms with Crippen molar-refractivity contribution in [1.82, 2.24) is 9.97 Å². The topological polar surface area (TPSA) is 156 Å². The largest absolute Gasteiger partial charge is 0.497 e. The number of aromatic nitrogens is 2. The standard InChI is InChI=1S/C22H16N2O4.C10H8O3S.CH2O/c1-27-11-3-5-17-13(7-11)21(25)15-9-20-16(10-19(15)23-17)22(26)14-8-12(28-2)4-6-18(14)24-20;11-14(12,13)10-7-3-5-8-4-1-2-6-9(8)10;1-2/h3-10H,1-2H3,(H,23,25)(H,24,26);1-7H,(H,11,12,13);1H2. The molecule has 0 aliphatic rings. The van der Waals surface area contributed by atoms with E-state index >= 15 is 0 Å². The van der Waals surface area contributed by atoms with Crippen LogP contribution in [-0.4, -0.2) is 43.9 Å². The molecule has 0 aliphatic heterocycles. The lowest BCUT2D eigenvalue weighted by atomic mass is 10.1. The third-order valence-electron chi connectivity index (χ3n) is 7.16. The number of carbonyl (C=O) groups is 1. The van der Waals surface area contributed by atoms with Crippen LogP contribution in [0.3, 0.4) is 0 Å². The van der Waals surface area contributed by atoms with Crippen LogP contribution in [0.2, 0.25) is 0 Å². The molecule has 3 N–H and O–H groups in total. The zero-order valence-electron chi connectivity index (χ0n) is 23.6. The molecule has 0 spiro atoms. The van der Waals surface area contributed by atoms with Crippen molar-refractivity contribution in [3.05, 3.63) is 111 Å². The number of aromatic amines is 2. The molecule has 0 radical (unpaired) electrons. The van der Waals surface area contributed by atoms with Crippen molar-refractivity contribution >= 4 is 71.3 Å². The van der Waals surface area contributed by atoms with Gasteiger partial charge in [0.05, 0.1) is 36.3 Å². The summed E-state index contributed by atoms with van der Waals surface area (Å²) >= 11 is 0. The molecule has 0 saturated carbocycles. The summed E-state index contributed by atoms with van der Waals surface area (Å²) in [5.41, 5.74) is 2.39. The number of ether oxygens (including phenoxy) is 2. The van der Waals surface area contributed by atoms with Gasteiger partial charge >= 0.3 is 0 Å². The lowest BCUT2D eigenvalue weighted by Gasteiger charge is -2.08. The van der Waals surface area contributed by atoms with Gasteiger partial charge in [-0.25, -0.2) is 0 Å². The number of benzene rings is 5. The first-order chi connectivity index (χ1) is 21.2. The predicted octanol–water partition coefficient (Wildman–Crippen LogP) is 5.59. The van der Waals surface area contributed by atoms with E-state index in [0.717, 1.165) is 5.39 Å². The molecular weight excluding hydrogens is 584 g/mol. The van der Waals surface area contributed by atoms with Gasteiger partial charge in [-0.2, -0.15) is 8.42 Å². The second-order valence-corrected chi connectivity index (χ2v) is 11.0. The molecule has 0 bridgehead atoms. The number of pyridine rings is 2. The van der Waals surface area contributed by atoms with E-state index < -0.39 is 10.1 Å². The Balaban J connectivity index is 0.000000202. The second kappa shape index (κ2) is 12.0. The molecular formula is C33H26N2O8S. The quantitative estimate of drug-likeness (QED) is 0.173. The summed E-state index contributed by atoms with van der Waals surface area (Å²) in [7, 11) is -1.00. The maximum atomic E-state index is 13.0. The van der Waals surface area contributed by atoms with Gasteiger partial charge in [0.2, 0.25) is 0 Å². The van der Waals surface area contributed by atoms with E-state index in [9.17, 15) is 18.0 Å². The molecule has 10 nitrogen and oxygen atoms in total. The summed E-state index contributed by atoms with van der Waals surface area (Å²) in [6.45, 7) is 2.00. The Morgan fingerprint density at radius 1 is 0.591 bits per heavy atom. The molecule has 0 amide bonds. The zero-order chi connectivity index (χ0) is 31.6. The first kappa shape index (κ1) is 30.0.